The van der Waals surface area contributed by atoms with Gasteiger partial charge in [0, 0.05) is 86.0 Å². The van der Waals surface area contributed by atoms with Crippen LogP contribution in [-0.2, 0) is 16.4 Å². The van der Waals surface area contributed by atoms with Gasteiger partial charge in [0.15, 0.2) is 0 Å². The highest BCUT2D eigenvalue weighted by molar-refractivity contribution is 7.90. The number of rotatable bonds is 11. The van der Waals surface area contributed by atoms with Crippen molar-refractivity contribution in [1.29, 1.82) is 0 Å². The van der Waals surface area contributed by atoms with Crippen molar-refractivity contribution in [3.05, 3.63) is 147 Å². The van der Waals surface area contributed by atoms with Crippen LogP contribution in [0.25, 0.3) is 16.6 Å². The summed E-state index contributed by atoms with van der Waals surface area (Å²) in [5, 5.41) is 13.7. The molecule has 5 heterocycles. The molecule has 4 aliphatic rings. The zero-order valence-electron chi connectivity index (χ0n) is 34.2. The number of halogens is 1. The smallest absolute Gasteiger partial charge is 0.276 e. The molecule has 1 spiro atoms. The van der Waals surface area contributed by atoms with Crippen molar-refractivity contribution in [3.63, 3.8) is 0 Å². The van der Waals surface area contributed by atoms with E-state index in [1.165, 1.54) is 54.7 Å². The second-order valence-corrected chi connectivity index (χ2v) is 19.0. The maximum Gasteiger partial charge on any atom is 0.276 e. The highest BCUT2D eigenvalue weighted by Crippen LogP contribution is 2.55. The lowest BCUT2D eigenvalue weighted by Gasteiger charge is -2.47. The van der Waals surface area contributed by atoms with E-state index in [1.54, 1.807) is 55.0 Å². The lowest BCUT2D eigenvalue weighted by molar-refractivity contribution is -0.385. The summed E-state index contributed by atoms with van der Waals surface area (Å²) in [4.78, 5) is 45.9. The number of nitro groups is 1. The number of piperazine rings is 1. The second-order valence-electron chi connectivity index (χ2n) is 16.9. The number of amides is 1. The van der Waals surface area contributed by atoms with Crippen molar-refractivity contribution in [2.75, 3.05) is 37.6 Å². The number of nitrogens with one attached hydrogen (secondary N) is 2. The van der Waals surface area contributed by atoms with Crippen LogP contribution in [0.2, 0.25) is 5.02 Å². The van der Waals surface area contributed by atoms with Gasteiger partial charge < -0.3 is 14.6 Å². The highest BCUT2D eigenvalue weighted by Gasteiger charge is 2.41. The number of anilines is 1. The van der Waals surface area contributed by atoms with Crippen molar-refractivity contribution >= 4 is 66.9 Å². The first-order valence-corrected chi connectivity index (χ1v) is 22.9. The Morgan fingerprint density at radius 3 is 2.49 bits per heavy atom. The Labute approximate surface area is 368 Å². The summed E-state index contributed by atoms with van der Waals surface area (Å²) in [5.41, 5.74) is 7.38. The molecule has 1 saturated carbocycles. The second kappa shape index (κ2) is 16.4. The Morgan fingerprint density at radius 2 is 1.75 bits per heavy atom. The van der Waals surface area contributed by atoms with E-state index in [4.69, 9.17) is 16.3 Å². The van der Waals surface area contributed by atoms with Gasteiger partial charge in [-0.15, -0.1) is 0 Å². The van der Waals surface area contributed by atoms with Crippen molar-refractivity contribution in [2.24, 2.45) is 10.4 Å². The van der Waals surface area contributed by atoms with Crippen molar-refractivity contribution in [2.45, 2.75) is 49.8 Å². The number of benzene rings is 3. The third-order valence-electron chi connectivity index (χ3n) is 13.0. The van der Waals surface area contributed by atoms with E-state index < -0.39 is 31.4 Å². The third kappa shape index (κ3) is 8.19. The van der Waals surface area contributed by atoms with Gasteiger partial charge in [-0.05, 0) is 109 Å². The summed E-state index contributed by atoms with van der Waals surface area (Å²) in [6.45, 7) is 4.02. The number of H-pyrrole nitrogens is 1. The number of aromatic nitrogens is 3. The lowest BCUT2D eigenvalue weighted by atomic mass is 9.59. The average molecular weight is 883 g/mol. The van der Waals surface area contributed by atoms with Crippen LogP contribution in [0.15, 0.2) is 119 Å². The predicted octanol–water partition coefficient (Wildman–Crippen LogP) is 9.04. The average Bonchev–Trinajstić information content (AvgIpc) is 3.94. The summed E-state index contributed by atoms with van der Waals surface area (Å²) in [5.74, 6) is -0.503. The third-order valence-corrected chi connectivity index (χ3v) is 14.6. The van der Waals surface area contributed by atoms with Gasteiger partial charge in [-0.3, -0.25) is 29.8 Å². The number of nitrogens with zero attached hydrogens (tertiary/aromatic N) is 6. The van der Waals surface area contributed by atoms with Crippen molar-refractivity contribution in [1.82, 2.24) is 24.6 Å². The number of sulfonamides is 1. The summed E-state index contributed by atoms with van der Waals surface area (Å²) in [7, 11) is -4.64. The largest absolute Gasteiger partial charge is 0.455 e. The summed E-state index contributed by atoms with van der Waals surface area (Å²) < 4.78 is 36.3. The molecule has 10 rings (SSSR count). The first kappa shape index (κ1) is 40.6. The Morgan fingerprint density at radius 1 is 0.952 bits per heavy atom. The van der Waals surface area contributed by atoms with Gasteiger partial charge in [0.05, 0.1) is 38.5 Å². The minimum Gasteiger partial charge on any atom is -0.455 e. The molecule has 0 atom stereocenters. The molecule has 2 aliphatic carbocycles. The summed E-state index contributed by atoms with van der Waals surface area (Å²) in [6, 6.07) is 22.7. The van der Waals surface area contributed by atoms with Gasteiger partial charge in [-0.25, -0.2) is 18.1 Å². The Hall–Kier alpha value is -6.42. The fourth-order valence-electron chi connectivity index (χ4n) is 9.42. The van der Waals surface area contributed by atoms with E-state index in [9.17, 15) is 23.3 Å². The number of hydrogen-bond donors (Lipinski definition) is 2. The van der Waals surface area contributed by atoms with E-state index in [0.717, 1.165) is 67.7 Å². The zero-order chi connectivity index (χ0) is 43.3. The van der Waals surface area contributed by atoms with Gasteiger partial charge in [-0.2, -0.15) is 0 Å². The quantitative estimate of drug-likeness (QED) is 0.0943. The van der Waals surface area contributed by atoms with Crippen LogP contribution in [0.3, 0.4) is 0 Å². The molecule has 0 unspecified atom stereocenters. The molecule has 6 aromatic rings. The predicted molar refractivity (Wildman–Crippen MR) is 242 cm³/mol. The zero-order valence-corrected chi connectivity index (χ0v) is 35.8. The number of pyridine rings is 2. The number of nitro benzene ring substituents is 1. The lowest BCUT2D eigenvalue weighted by Crippen LogP contribution is -2.47. The first-order valence-electron chi connectivity index (χ1n) is 21.0. The number of carbonyl (C=O) groups excluding carboxylic acids is 1. The number of aliphatic imine (C=N–C) groups is 1. The highest BCUT2D eigenvalue weighted by atomic mass is 35.5. The van der Waals surface area contributed by atoms with Crippen molar-refractivity contribution < 1.29 is 22.9 Å². The minimum atomic E-state index is -4.64. The summed E-state index contributed by atoms with van der Waals surface area (Å²) >= 11 is 6.28. The number of fused-ring (bicyclic) bond motifs is 2. The van der Waals surface area contributed by atoms with E-state index in [2.05, 4.69) is 46.6 Å². The number of ether oxygens (including phenoxy) is 1. The molecule has 3 aromatic heterocycles. The maximum atomic E-state index is 14.0. The van der Waals surface area contributed by atoms with Crippen molar-refractivity contribution in [3.8, 4) is 11.5 Å². The normalized spacial score (nSPS) is 17.3. The molecular weight excluding hydrogens is 840 g/mol. The molecule has 1 amide bonds. The van der Waals surface area contributed by atoms with Crippen LogP contribution in [0.5, 0.6) is 11.5 Å². The van der Waals surface area contributed by atoms with Crippen LogP contribution in [0.1, 0.15) is 65.6 Å². The minimum absolute atomic E-state index is 0.0491. The molecule has 0 bridgehead atoms. The van der Waals surface area contributed by atoms with Gasteiger partial charge in [0.2, 0.25) is 0 Å². The van der Waals surface area contributed by atoms with E-state index in [1.807, 2.05) is 18.2 Å². The van der Waals surface area contributed by atoms with Crippen LogP contribution in [-0.4, -0.2) is 77.5 Å². The first-order chi connectivity index (χ1) is 30.5. The van der Waals surface area contributed by atoms with Gasteiger partial charge in [-0.1, -0.05) is 35.7 Å². The molecule has 14 nitrogen and oxygen atoms in total. The monoisotopic (exact) mass is 882 g/mol. The fourth-order valence-corrected chi connectivity index (χ4v) is 10.6. The molecular formula is C47H43ClN8O6S. The van der Waals surface area contributed by atoms with Crippen LogP contribution >= 0.6 is 11.6 Å². The van der Waals surface area contributed by atoms with E-state index in [-0.39, 0.29) is 29.0 Å². The molecule has 3 aromatic carbocycles. The Balaban J connectivity index is 0.899. The molecule has 2 aliphatic heterocycles. The van der Waals surface area contributed by atoms with E-state index in [0.29, 0.717) is 28.1 Å². The van der Waals surface area contributed by atoms with Crippen LogP contribution in [0.4, 0.5) is 17.1 Å². The fraction of sp³-hybridized carbons (Fsp3) is 0.277. The molecule has 2 fully saturated rings. The molecule has 0 radical (unpaired) electrons. The number of hydrogen-bond acceptors (Lipinski definition) is 11. The standard InChI is InChI=1S/C47H43ClN8O6S/c48-34-4-2-30(3-5-34)40-27-47(12-1-13-47)14-8-33(40)29-54-18-20-55(21-19-54)35-6-7-38(44(23-35)62-36-22-32-11-17-50-45(32)51-28-36)46(57)53-63(60,61)37-24-42-39(43(25-37)56(58)59)26-41(52-42)31-9-15-49-16-10-31/h2-7,9-11,15-17,22-25,28H,1,8,12-14,18-21,26-27,29H2,(H,50,51)(H,53,57). The number of aromatic amines is 1. The molecule has 16 heteroatoms. The SMILES string of the molecule is O=C(NS(=O)(=O)c1cc2c(c([N+](=O)[O-])c1)CC(c1ccncc1)=N2)c1ccc(N2CCN(CC3=C(c4ccc(Cl)cc4)CC4(CCC4)CC3)CC2)cc1Oc1cnc2[nH]ccc2c1. The van der Waals surface area contributed by atoms with E-state index >= 15 is 0 Å². The Kier molecular flexibility index (Phi) is 10.6. The number of carbonyl (C=O) groups is 1. The Bertz CT molecular complexity index is 2960. The van der Waals surface area contributed by atoms with Crippen LogP contribution in [0, 0.1) is 15.5 Å². The topological polar surface area (TPSA) is 176 Å². The maximum absolute atomic E-state index is 14.0. The van der Waals surface area contributed by atoms with Gasteiger partial charge >= 0.3 is 0 Å². The molecule has 1 saturated heterocycles. The molecule has 320 valence electrons. The van der Waals surface area contributed by atoms with Crippen LogP contribution < -0.4 is 14.4 Å². The molecule has 63 heavy (non-hydrogen) atoms. The van der Waals surface area contributed by atoms with Gasteiger partial charge in [0.25, 0.3) is 21.6 Å². The number of allylic oxidation sites excluding steroid dienone is 1. The molecule has 2 N–H and O–H groups in total. The summed E-state index contributed by atoms with van der Waals surface area (Å²) in [6.07, 6.45) is 14.0. The van der Waals surface area contributed by atoms with Gasteiger partial charge in [0.1, 0.15) is 17.1 Å².